The fourth-order valence-corrected chi connectivity index (χ4v) is 2.72. The molecule has 0 radical (unpaired) electrons. The molecule has 0 saturated heterocycles. The maximum Gasteiger partial charge on any atom is 0.137 e. The molecule has 18 heavy (non-hydrogen) atoms. The van der Waals surface area contributed by atoms with Crippen molar-refractivity contribution < 1.29 is 4.74 Å². The molecule has 0 amide bonds. The average Bonchev–Trinajstić information content (AvgIpc) is 2.87. The van der Waals surface area contributed by atoms with Crippen molar-refractivity contribution in [2.24, 2.45) is 0 Å². The molecule has 0 bridgehead atoms. The van der Waals surface area contributed by atoms with Crippen molar-refractivity contribution in [3.05, 3.63) is 33.6 Å². The van der Waals surface area contributed by atoms with Crippen molar-refractivity contribution in [2.45, 2.75) is 13.0 Å². The zero-order valence-electron chi connectivity index (χ0n) is 10.5. The Morgan fingerprint density at radius 2 is 2.22 bits per heavy atom. The van der Waals surface area contributed by atoms with Gasteiger partial charge in [0.15, 0.2) is 0 Å². The SMILES string of the molecule is CNC(C)c1nc(-c2ccc(OC)c(Cl)c2)cs1. The second-order valence-electron chi connectivity index (χ2n) is 3.93. The zero-order chi connectivity index (χ0) is 13.1. The summed E-state index contributed by atoms with van der Waals surface area (Å²) in [6.45, 7) is 2.09. The minimum atomic E-state index is 0.262. The fraction of sp³-hybridized carbons (Fsp3) is 0.308. The van der Waals surface area contributed by atoms with E-state index in [1.165, 1.54) is 0 Å². The van der Waals surface area contributed by atoms with Gasteiger partial charge in [-0.1, -0.05) is 11.6 Å². The number of rotatable bonds is 4. The number of nitrogens with zero attached hydrogens (tertiary/aromatic N) is 1. The minimum Gasteiger partial charge on any atom is -0.495 e. The van der Waals surface area contributed by atoms with Gasteiger partial charge in [-0.3, -0.25) is 0 Å². The molecule has 5 heteroatoms. The Hall–Kier alpha value is -1.10. The number of halogens is 1. The van der Waals surface area contributed by atoms with Crippen LogP contribution >= 0.6 is 22.9 Å². The van der Waals surface area contributed by atoms with Gasteiger partial charge in [0.25, 0.3) is 0 Å². The number of hydrogen-bond donors (Lipinski definition) is 1. The Morgan fingerprint density at radius 3 is 2.83 bits per heavy atom. The van der Waals surface area contributed by atoms with Gasteiger partial charge in [0.2, 0.25) is 0 Å². The molecule has 0 fully saturated rings. The number of aromatic nitrogens is 1. The van der Waals surface area contributed by atoms with E-state index in [4.69, 9.17) is 16.3 Å². The number of nitrogens with one attached hydrogen (secondary N) is 1. The van der Waals surface area contributed by atoms with Crippen molar-refractivity contribution in [2.75, 3.05) is 14.2 Å². The van der Waals surface area contributed by atoms with E-state index in [-0.39, 0.29) is 6.04 Å². The first-order chi connectivity index (χ1) is 8.65. The van der Waals surface area contributed by atoms with Crippen LogP contribution in [0.25, 0.3) is 11.3 Å². The second kappa shape index (κ2) is 5.69. The van der Waals surface area contributed by atoms with Gasteiger partial charge in [0.05, 0.1) is 23.9 Å². The number of hydrogen-bond acceptors (Lipinski definition) is 4. The minimum absolute atomic E-state index is 0.262. The van der Waals surface area contributed by atoms with Crippen LogP contribution in [0.3, 0.4) is 0 Å². The topological polar surface area (TPSA) is 34.2 Å². The molecule has 2 rings (SSSR count). The van der Waals surface area contributed by atoms with Crippen LogP contribution in [0.5, 0.6) is 5.75 Å². The standard InChI is InChI=1S/C13H15ClN2OS/c1-8(15-2)13-16-11(7-18-13)9-4-5-12(17-3)10(14)6-9/h4-8,15H,1-3H3. The third-order valence-corrected chi connectivity index (χ3v) is 4.10. The summed E-state index contributed by atoms with van der Waals surface area (Å²) in [4.78, 5) is 4.60. The van der Waals surface area contributed by atoms with Crippen LogP contribution in [-0.2, 0) is 0 Å². The first-order valence-electron chi connectivity index (χ1n) is 5.62. The molecule has 0 spiro atoms. The third kappa shape index (κ3) is 2.66. The lowest BCUT2D eigenvalue weighted by Crippen LogP contribution is -2.11. The summed E-state index contributed by atoms with van der Waals surface area (Å²) in [6, 6.07) is 5.96. The maximum absolute atomic E-state index is 6.11. The number of methoxy groups -OCH3 is 1. The van der Waals surface area contributed by atoms with E-state index in [1.54, 1.807) is 18.4 Å². The van der Waals surface area contributed by atoms with E-state index in [9.17, 15) is 0 Å². The molecule has 0 aliphatic heterocycles. The van der Waals surface area contributed by atoms with Gasteiger partial charge >= 0.3 is 0 Å². The highest BCUT2D eigenvalue weighted by Crippen LogP contribution is 2.31. The van der Waals surface area contributed by atoms with Crippen molar-refractivity contribution in [1.82, 2.24) is 10.3 Å². The molecule has 96 valence electrons. The first kappa shape index (κ1) is 13.3. The summed E-state index contributed by atoms with van der Waals surface area (Å²) in [7, 11) is 3.53. The Labute approximate surface area is 116 Å². The number of thiazole rings is 1. The number of ether oxygens (including phenoxy) is 1. The molecular formula is C13H15ClN2OS. The normalized spacial score (nSPS) is 12.4. The van der Waals surface area contributed by atoms with Crippen molar-refractivity contribution in [1.29, 1.82) is 0 Å². The van der Waals surface area contributed by atoms with Crippen molar-refractivity contribution in [3.63, 3.8) is 0 Å². The molecule has 1 unspecified atom stereocenters. The molecule has 2 aromatic rings. The Morgan fingerprint density at radius 1 is 1.44 bits per heavy atom. The van der Waals surface area contributed by atoms with E-state index in [0.717, 1.165) is 16.3 Å². The van der Waals surface area contributed by atoms with Gasteiger partial charge < -0.3 is 10.1 Å². The Balaban J connectivity index is 2.31. The number of benzene rings is 1. The van der Waals surface area contributed by atoms with Crippen LogP contribution in [0.2, 0.25) is 5.02 Å². The van der Waals surface area contributed by atoms with Crippen molar-refractivity contribution >= 4 is 22.9 Å². The Bertz CT molecular complexity index is 542. The van der Waals surface area contributed by atoms with Crippen LogP contribution in [0.15, 0.2) is 23.6 Å². The van der Waals surface area contributed by atoms with E-state index < -0.39 is 0 Å². The van der Waals surface area contributed by atoms with Gasteiger partial charge in [0, 0.05) is 10.9 Å². The maximum atomic E-state index is 6.11. The predicted octanol–water partition coefficient (Wildman–Crippen LogP) is 3.75. The van der Waals surface area contributed by atoms with Gasteiger partial charge in [-0.2, -0.15) is 0 Å². The van der Waals surface area contributed by atoms with Gasteiger partial charge in [0.1, 0.15) is 10.8 Å². The quantitative estimate of drug-likeness (QED) is 0.927. The molecule has 3 nitrogen and oxygen atoms in total. The van der Waals surface area contributed by atoms with Crippen LogP contribution < -0.4 is 10.1 Å². The molecule has 1 atom stereocenters. The molecule has 0 aliphatic carbocycles. The van der Waals surface area contributed by atoms with Gasteiger partial charge in [-0.05, 0) is 32.2 Å². The largest absolute Gasteiger partial charge is 0.495 e. The zero-order valence-corrected chi connectivity index (χ0v) is 12.1. The summed E-state index contributed by atoms with van der Waals surface area (Å²) in [6.07, 6.45) is 0. The monoisotopic (exact) mass is 282 g/mol. The van der Waals surface area contributed by atoms with Crippen LogP contribution in [0.4, 0.5) is 0 Å². The van der Waals surface area contributed by atoms with E-state index >= 15 is 0 Å². The Kier molecular flexibility index (Phi) is 4.22. The van der Waals surface area contributed by atoms with E-state index in [1.807, 2.05) is 30.6 Å². The highest BCUT2D eigenvalue weighted by Gasteiger charge is 2.10. The summed E-state index contributed by atoms with van der Waals surface area (Å²) < 4.78 is 5.14. The summed E-state index contributed by atoms with van der Waals surface area (Å²) >= 11 is 7.76. The van der Waals surface area contributed by atoms with Crippen LogP contribution in [0.1, 0.15) is 18.0 Å². The van der Waals surface area contributed by atoms with E-state index in [0.29, 0.717) is 10.8 Å². The molecule has 1 heterocycles. The first-order valence-corrected chi connectivity index (χ1v) is 6.88. The average molecular weight is 283 g/mol. The molecule has 1 aromatic heterocycles. The second-order valence-corrected chi connectivity index (χ2v) is 5.23. The van der Waals surface area contributed by atoms with Crippen molar-refractivity contribution in [3.8, 4) is 17.0 Å². The molecule has 1 N–H and O–H groups in total. The summed E-state index contributed by atoms with van der Waals surface area (Å²) in [5.74, 6) is 0.680. The highest BCUT2D eigenvalue weighted by molar-refractivity contribution is 7.10. The molecular weight excluding hydrogens is 268 g/mol. The fourth-order valence-electron chi connectivity index (χ4n) is 1.57. The van der Waals surface area contributed by atoms with Gasteiger partial charge in [-0.25, -0.2) is 4.98 Å². The highest BCUT2D eigenvalue weighted by atomic mass is 35.5. The lowest BCUT2D eigenvalue weighted by molar-refractivity contribution is 0.415. The predicted molar refractivity (Wildman–Crippen MR) is 76.6 cm³/mol. The third-order valence-electron chi connectivity index (χ3n) is 2.77. The lowest BCUT2D eigenvalue weighted by atomic mass is 10.1. The molecule has 0 aliphatic rings. The smallest absolute Gasteiger partial charge is 0.137 e. The van der Waals surface area contributed by atoms with Gasteiger partial charge in [-0.15, -0.1) is 11.3 Å². The summed E-state index contributed by atoms with van der Waals surface area (Å²) in [5, 5.41) is 6.89. The van der Waals surface area contributed by atoms with E-state index in [2.05, 4.69) is 17.2 Å². The molecule has 1 aromatic carbocycles. The summed E-state index contributed by atoms with van der Waals surface area (Å²) in [5.41, 5.74) is 1.95. The lowest BCUT2D eigenvalue weighted by Gasteiger charge is -2.05. The van der Waals surface area contributed by atoms with Crippen LogP contribution in [0, 0.1) is 0 Å². The van der Waals surface area contributed by atoms with Crippen LogP contribution in [-0.4, -0.2) is 19.1 Å². The molecule has 0 saturated carbocycles.